The number of aromatic nitrogens is 1. The lowest BCUT2D eigenvalue weighted by atomic mass is 9.94. The fourth-order valence-electron chi connectivity index (χ4n) is 4.70. The van der Waals surface area contributed by atoms with Gasteiger partial charge in [0.2, 0.25) is 0 Å². The highest BCUT2D eigenvalue weighted by molar-refractivity contribution is 5.69. The molecule has 1 aliphatic heterocycles. The number of unbranched alkanes of at least 4 members (excludes halogenated alkanes) is 1. The molecule has 232 valence electrons. The van der Waals surface area contributed by atoms with E-state index in [4.69, 9.17) is 9.47 Å². The van der Waals surface area contributed by atoms with Crippen LogP contribution in [0.2, 0.25) is 0 Å². The van der Waals surface area contributed by atoms with Crippen molar-refractivity contribution in [1.29, 1.82) is 0 Å². The van der Waals surface area contributed by atoms with Gasteiger partial charge >= 0.3 is 18.4 Å². The van der Waals surface area contributed by atoms with E-state index in [9.17, 15) is 22.8 Å². The predicted octanol–water partition coefficient (Wildman–Crippen LogP) is 6.57. The number of ether oxygens (including phenoxy) is 2. The lowest BCUT2D eigenvalue weighted by molar-refractivity contribution is -0.137. The number of halogens is 3. The highest BCUT2D eigenvalue weighted by Crippen LogP contribution is 2.29. The van der Waals surface area contributed by atoms with Crippen LogP contribution in [0.25, 0.3) is 0 Å². The van der Waals surface area contributed by atoms with E-state index < -0.39 is 35.1 Å². The molecule has 0 fully saturated rings. The number of rotatable bonds is 9. The monoisotopic (exact) mass is 592 g/mol. The quantitative estimate of drug-likeness (QED) is 0.332. The third kappa shape index (κ3) is 10.8. The average molecular weight is 593 g/mol. The Bertz CT molecular complexity index is 1190. The standard InChI is InChI=1S/C31H43F3N4O4/c1-29(2,3)41-27(39)35-15-9-10-16-37(20-25-14-13-24(18-36-25)31(32,33)34)21-26-17-22-11-7-8-12-23(22)19-38(26)28(40)42-30(4,5)6/h7-8,11-14,18,26H,9-10,15-17,19-21H2,1-6H3,(H,35,39). The van der Waals surface area contributed by atoms with Gasteiger partial charge in [0, 0.05) is 32.4 Å². The molecule has 1 aliphatic rings. The van der Waals surface area contributed by atoms with Gasteiger partial charge in [-0.2, -0.15) is 13.2 Å². The van der Waals surface area contributed by atoms with Gasteiger partial charge in [-0.05, 0) is 90.6 Å². The molecule has 11 heteroatoms. The Morgan fingerprint density at radius 1 is 0.976 bits per heavy atom. The summed E-state index contributed by atoms with van der Waals surface area (Å²) in [5.74, 6) is 0. The van der Waals surface area contributed by atoms with E-state index in [2.05, 4.69) is 21.3 Å². The Morgan fingerprint density at radius 2 is 1.64 bits per heavy atom. The van der Waals surface area contributed by atoms with Crippen molar-refractivity contribution in [3.8, 4) is 0 Å². The number of nitrogens with one attached hydrogen (secondary N) is 1. The van der Waals surface area contributed by atoms with Crippen LogP contribution in [-0.2, 0) is 35.2 Å². The molecule has 1 aromatic heterocycles. The minimum atomic E-state index is -4.46. The third-order valence-corrected chi connectivity index (χ3v) is 6.56. The molecule has 42 heavy (non-hydrogen) atoms. The lowest BCUT2D eigenvalue weighted by Crippen LogP contribution is -2.51. The summed E-state index contributed by atoms with van der Waals surface area (Å²) in [6, 6.07) is 10.2. The van der Waals surface area contributed by atoms with E-state index in [0.29, 0.717) is 57.7 Å². The molecule has 0 saturated carbocycles. The minimum absolute atomic E-state index is 0.218. The van der Waals surface area contributed by atoms with Crippen molar-refractivity contribution in [2.75, 3.05) is 19.6 Å². The zero-order valence-electron chi connectivity index (χ0n) is 25.4. The number of amides is 2. The minimum Gasteiger partial charge on any atom is -0.444 e. The largest absolute Gasteiger partial charge is 0.444 e. The zero-order valence-corrected chi connectivity index (χ0v) is 25.4. The van der Waals surface area contributed by atoms with Gasteiger partial charge in [0.1, 0.15) is 11.2 Å². The summed E-state index contributed by atoms with van der Waals surface area (Å²) in [6.45, 7) is 13.0. The van der Waals surface area contributed by atoms with Crippen molar-refractivity contribution >= 4 is 12.2 Å². The van der Waals surface area contributed by atoms with Crippen molar-refractivity contribution in [3.63, 3.8) is 0 Å². The van der Waals surface area contributed by atoms with Crippen molar-refractivity contribution in [2.24, 2.45) is 0 Å². The molecule has 8 nitrogen and oxygen atoms in total. The SMILES string of the molecule is CC(C)(C)OC(=O)NCCCCN(Cc1ccc(C(F)(F)F)cn1)CC1Cc2ccccc2CN1C(=O)OC(C)(C)C. The number of nitrogens with zero attached hydrogens (tertiary/aromatic N) is 3. The molecule has 3 rings (SSSR count). The van der Waals surface area contributed by atoms with Crippen molar-refractivity contribution in [2.45, 2.75) is 97.3 Å². The van der Waals surface area contributed by atoms with Crippen LogP contribution in [0.15, 0.2) is 42.6 Å². The molecule has 2 heterocycles. The smallest absolute Gasteiger partial charge is 0.417 e. The molecular formula is C31H43F3N4O4. The first kappa shape index (κ1) is 33.2. The van der Waals surface area contributed by atoms with Crippen LogP contribution >= 0.6 is 0 Å². The maximum Gasteiger partial charge on any atom is 0.417 e. The van der Waals surface area contributed by atoms with Crippen LogP contribution in [0, 0.1) is 0 Å². The van der Waals surface area contributed by atoms with Gasteiger partial charge in [-0.3, -0.25) is 14.8 Å². The van der Waals surface area contributed by atoms with Crippen LogP contribution in [0.1, 0.15) is 76.8 Å². The van der Waals surface area contributed by atoms with Gasteiger partial charge in [-0.15, -0.1) is 0 Å². The number of hydrogen-bond donors (Lipinski definition) is 1. The van der Waals surface area contributed by atoms with Gasteiger partial charge in [-0.1, -0.05) is 24.3 Å². The van der Waals surface area contributed by atoms with Crippen LogP contribution in [0.5, 0.6) is 0 Å². The van der Waals surface area contributed by atoms with Crippen LogP contribution in [-0.4, -0.2) is 63.8 Å². The third-order valence-electron chi connectivity index (χ3n) is 6.56. The van der Waals surface area contributed by atoms with Gasteiger partial charge in [0.15, 0.2) is 0 Å². The van der Waals surface area contributed by atoms with Crippen LogP contribution in [0.3, 0.4) is 0 Å². The van der Waals surface area contributed by atoms with E-state index >= 15 is 0 Å². The van der Waals surface area contributed by atoms with Crippen molar-refractivity contribution in [1.82, 2.24) is 20.1 Å². The zero-order chi connectivity index (χ0) is 31.1. The summed E-state index contributed by atoms with van der Waals surface area (Å²) >= 11 is 0. The van der Waals surface area contributed by atoms with Gasteiger partial charge < -0.3 is 14.8 Å². The molecule has 1 atom stereocenters. The Morgan fingerprint density at radius 3 is 2.24 bits per heavy atom. The number of benzene rings is 1. The first-order valence-electron chi connectivity index (χ1n) is 14.3. The molecule has 0 radical (unpaired) electrons. The molecule has 0 bridgehead atoms. The summed E-state index contributed by atoms with van der Waals surface area (Å²) in [7, 11) is 0. The second kappa shape index (κ2) is 13.8. The number of fused-ring (bicyclic) bond motifs is 1. The van der Waals surface area contributed by atoms with Crippen molar-refractivity contribution in [3.05, 3.63) is 65.0 Å². The summed E-state index contributed by atoms with van der Waals surface area (Å²) in [5.41, 5.74) is 0.652. The number of carbonyl (C=O) groups excluding carboxylic acids is 2. The number of alkyl carbamates (subject to hydrolysis) is 1. The average Bonchev–Trinajstić information content (AvgIpc) is 2.85. The maximum atomic E-state index is 13.3. The number of alkyl halides is 3. The highest BCUT2D eigenvalue weighted by atomic mass is 19.4. The Hall–Kier alpha value is -3.34. The lowest BCUT2D eigenvalue weighted by Gasteiger charge is -2.40. The summed E-state index contributed by atoms with van der Waals surface area (Å²) in [4.78, 5) is 33.2. The second-order valence-corrected chi connectivity index (χ2v) is 12.6. The van der Waals surface area contributed by atoms with Gasteiger partial charge in [0.05, 0.1) is 17.3 Å². The summed E-state index contributed by atoms with van der Waals surface area (Å²) < 4.78 is 50.3. The molecule has 1 aromatic carbocycles. The van der Waals surface area contributed by atoms with E-state index in [-0.39, 0.29) is 6.04 Å². The van der Waals surface area contributed by atoms with Crippen LogP contribution in [0.4, 0.5) is 22.8 Å². The van der Waals surface area contributed by atoms with Gasteiger partial charge in [-0.25, -0.2) is 9.59 Å². The normalized spacial score (nSPS) is 15.8. The number of pyridine rings is 1. The van der Waals surface area contributed by atoms with Gasteiger partial charge in [0.25, 0.3) is 0 Å². The van der Waals surface area contributed by atoms with E-state index in [0.717, 1.165) is 23.4 Å². The first-order chi connectivity index (χ1) is 19.5. The Labute approximate surface area is 246 Å². The van der Waals surface area contributed by atoms with Crippen molar-refractivity contribution < 1.29 is 32.2 Å². The summed E-state index contributed by atoms with van der Waals surface area (Å²) in [6.07, 6.45) is -2.52. The number of carbonyl (C=O) groups is 2. The Balaban J connectivity index is 1.75. The predicted molar refractivity (Wildman–Crippen MR) is 154 cm³/mol. The van der Waals surface area contributed by atoms with E-state index in [1.807, 2.05) is 39.0 Å². The summed E-state index contributed by atoms with van der Waals surface area (Å²) in [5, 5.41) is 2.75. The van der Waals surface area contributed by atoms with E-state index in [1.165, 1.54) is 6.07 Å². The fourth-order valence-corrected chi connectivity index (χ4v) is 4.70. The van der Waals surface area contributed by atoms with E-state index in [1.54, 1.807) is 25.7 Å². The topological polar surface area (TPSA) is 84.0 Å². The molecule has 1 N–H and O–H groups in total. The molecule has 2 amide bonds. The molecular weight excluding hydrogens is 549 g/mol. The fraction of sp³-hybridized carbons (Fsp3) is 0.581. The molecule has 2 aromatic rings. The first-order valence-corrected chi connectivity index (χ1v) is 14.3. The highest BCUT2D eigenvalue weighted by Gasteiger charge is 2.34. The van der Waals surface area contributed by atoms with Crippen LogP contribution < -0.4 is 5.32 Å². The molecule has 1 unspecified atom stereocenters. The number of hydrogen-bond acceptors (Lipinski definition) is 6. The molecule has 0 spiro atoms. The Kier molecular flexibility index (Phi) is 10.9. The molecule has 0 aliphatic carbocycles. The second-order valence-electron chi connectivity index (χ2n) is 12.6. The molecule has 0 saturated heterocycles. The maximum absolute atomic E-state index is 13.3.